The average Bonchev–Trinajstić information content (AvgIpc) is 2.18. The Morgan fingerprint density at radius 3 is 2.06 bits per heavy atom. The molecule has 0 amide bonds. The number of hydrogen-bond acceptors (Lipinski definition) is 4. The Kier molecular flexibility index (Phi) is 8.39. The minimum atomic E-state index is -0.440. The van der Waals surface area contributed by atoms with Crippen LogP contribution < -0.4 is 0 Å². The Morgan fingerprint density at radius 2 is 1.75 bits per heavy atom. The van der Waals surface area contributed by atoms with Gasteiger partial charge in [0.05, 0.1) is 6.61 Å². The quantitative estimate of drug-likeness (QED) is 0.548. The first-order chi connectivity index (χ1) is 7.56. The van der Waals surface area contributed by atoms with E-state index in [2.05, 4.69) is 4.74 Å². The van der Waals surface area contributed by atoms with Crippen molar-refractivity contribution in [3.8, 4) is 0 Å². The van der Waals surface area contributed by atoms with Gasteiger partial charge in [-0.3, -0.25) is 14.4 Å². The number of carbonyl (C=O) groups excluding carboxylic acids is 3. The van der Waals surface area contributed by atoms with E-state index in [1.54, 1.807) is 6.92 Å². The molecule has 1 saturated carbocycles. The fraction of sp³-hybridized carbons (Fsp3) is 0.750. The van der Waals surface area contributed by atoms with Crippen molar-refractivity contribution in [1.29, 1.82) is 0 Å². The van der Waals surface area contributed by atoms with Crippen LogP contribution in [0.5, 0.6) is 0 Å². The zero-order valence-corrected chi connectivity index (χ0v) is 10.1. The molecule has 4 heteroatoms. The lowest BCUT2D eigenvalue weighted by Gasteiger charge is -2.05. The Labute approximate surface area is 96.4 Å². The van der Waals surface area contributed by atoms with Gasteiger partial charge in [0.15, 0.2) is 0 Å². The lowest BCUT2D eigenvalue weighted by atomic mass is 10.00. The first kappa shape index (κ1) is 14.8. The fourth-order valence-electron chi connectivity index (χ4n) is 1.36. The van der Waals surface area contributed by atoms with Crippen LogP contribution in [0.4, 0.5) is 0 Å². The molecule has 0 radical (unpaired) electrons. The van der Waals surface area contributed by atoms with Gasteiger partial charge in [0, 0.05) is 12.8 Å². The molecule has 0 N–H and O–H groups in total. The fourth-order valence-corrected chi connectivity index (χ4v) is 1.36. The van der Waals surface area contributed by atoms with Crippen molar-refractivity contribution in [2.24, 2.45) is 0 Å². The zero-order valence-electron chi connectivity index (χ0n) is 10.1. The molecule has 0 aliphatic heterocycles. The molecule has 1 aliphatic rings. The van der Waals surface area contributed by atoms with Crippen LogP contribution in [-0.2, 0) is 19.1 Å². The van der Waals surface area contributed by atoms with Crippen LogP contribution in [0.2, 0.25) is 0 Å². The maximum atomic E-state index is 10.5. The topological polar surface area (TPSA) is 60.4 Å². The van der Waals surface area contributed by atoms with E-state index in [1.165, 1.54) is 13.3 Å². The monoisotopic (exact) mass is 228 g/mol. The van der Waals surface area contributed by atoms with E-state index in [-0.39, 0.29) is 12.2 Å². The summed E-state index contributed by atoms with van der Waals surface area (Å²) < 4.78 is 4.49. The van der Waals surface area contributed by atoms with E-state index in [0.29, 0.717) is 12.4 Å². The summed E-state index contributed by atoms with van der Waals surface area (Å²) >= 11 is 0. The Bertz CT molecular complexity index is 237. The van der Waals surface area contributed by atoms with Crippen molar-refractivity contribution in [2.45, 2.75) is 52.4 Å². The van der Waals surface area contributed by atoms with Crippen molar-refractivity contribution in [1.82, 2.24) is 0 Å². The van der Waals surface area contributed by atoms with Crippen LogP contribution >= 0.6 is 0 Å². The Morgan fingerprint density at radius 1 is 1.19 bits per heavy atom. The zero-order chi connectivity index (χ0) is 12.4. The highest BCUT2D eigenvalue weighted by atomic mass is 16.5. The molecular weight excluding hydrogens is 208 g/mol. The van der Waals surface area contributed by atoms with Gasteiger partial charge in [0.25, 0.3) is 0 Å². The third-order valence-corrected chi connectivity index (χ3v) is 2.11. The Hall–Kier alpha value is -1.19. The van der Waals surface area contributed by atoms with Crippen molar-refractivity contribution in [3.63, 3.8) is 0 Å². The van der Waals surface area contributed by atoms with Crippen LogP contribution in [0, 0.1) is 0 Å². The van der Waals surface area contributed by atoms with Crippen LogP contribution in [0.1, 0.15) is 52.4 Å². The lowest BCUT2D eigenvalue weighted by Crippen LogP contribution is -2.07. The molecule has 1 fully saturated rings. The maximum Gasteiger partial charge on any atom is 0.313 e. The second-order valence-electron chi connectivity index (χ2n) is 3.78. The summed E-state index contributed by atoms with van der Waals surface area (Å²) in [5, 5.41) is 0. The summed E-state index contributed by atoms with van der Waals surface area (Å²) in [7, 11) is 0. The van der Waals surface area contributed by atoms with Crippen molar-refractivity contribution in [2.75, 3.05) is 6.61 Å². The summed E-state index contributed by atoms with van der Waals surface area (Å²) in [6.07, 6.45) is 5.14. The number of hydrogen-bond donors (Lipinski definition) is 0. The molecule has 0 atom stereocenters. The first-order valence-corrected chi connectivity index (χ1v) is 5.73. The second-order valence-corrected chi connectivity index (χ2v) is 3.78. The van der Waals surface area contributed by atoms with E-state index in [1.807, 2.05) is 0 Å². The molecule has 0 heterocycles. The van der Waals surface area contributed by atoms with Gasteiger partial charge in [-0.25, -0.2) is 0 Å². The molecule has 0 aromatic carbocycles. The summed E-state index contributed by atoms with van der Waals surface area (Å²) in [6, 6.07) is 0. The summed E-state index contributed by atoms with van der Waals surface area (Å²) in [6.45, 7) is 3.40. The first-order valence-electron chi connectivity index (χ1n) is 5.73. The molecule has 16 heavy (non-hydrogen) atoms. The molecule has 0 unspecified atom stereocenters. The van der Waals surface area contributed by atoms with Crippen LogP contribution in [0.25, 0.3) is 0 Å². The number of ketones is 2. The molecule has 0 aromatic rings. The second kappa shape index (κ2) is 9.07. The molecule has 92 valence electrons. The van der Waals surface area contributed by atoms with Crippen LogP contribution in [0.15, 0.2) is 0 Å². The molecule has 1 rings (SSSR count). The standard InChI is InChI=1S/C6H10O3.C6H10O/c1-3-9-6(8)4-5(2)7;7-6-4-2-1-3-5-6/h3-4H2,1-2H3;1-5H2. The molecule has 0 spiro atoms. The molecule has 1 aliphatic carbocycles. The van der Waals surface area contributed by atoms with Gasteiger partial charge in [-0.15, -0.1) is 0 Å². The van der Waals surface area contributed by atoms with E-state index in [0.717, 1.165) is 25.7 Å². The highest BCUT2D eigenvalue weighted by Crippen LogP contribution is 2.12. The Balaban J connectivity index is 0.000000288. The van der Waals surface area contributed by atoms with Crippen molar-refractivity contribution < 1.29 is 19.1 Å². The number of esters is 1. The van der Waals surface area contributed by atoms with Gasteiger partial charge in [0.1, 0.15) is 18.0 Å². The predicted octanol–water partition coefficient (Wildman–Crippen LogP) is 2.05. The summed E-state index contributed by atoms with van der Waals surface area (Å²) in [4.78, 5) is 31.1. The SMILES string of the molecule is CCOC(=O)CC(C)=O.O=C1CCCCC1. The van der Waals surface area contributed by atoms with E-state index < -0.39 is 5.97 Å². The molecule has 0 saturated heterocycles. The number of Topliss-reactive ketones (excluding diaryl/α,β-unsaturated/α-hetero) is 2. The van der Waals surface area contributed by atoms with Crippen molar-refractivity contribution >= 4 is 17.5 Å². The summed E-state index contributed by atoms with van der Waals surface area (Å²) in [5.74, 6) is -0.135. The number of ether oxygens (including phenoxy) is 1. The average molecular weight is 228 g/mol. The predicted molar refractivity (Wildman–Crippen MR) is 60.0 cm³/mol. The molecular formula is C12H20O4. The maximum absolute atomic E-state index is 10.5. The van der Waals surface area contributed by atoms with Gasteiger partial charge in [0.2, 0.25) is 0 Å². The van der Waals surface area contributed by atoms with Gasteiger partial charge in [-0.05, 0) is 26.7 Å². The normalized spacial score (nSPS) is 14.8. The summed E-state index contributed by atoms with van der Waals surface area (Å²) in [5.41, 5.74) is 0. The van der Waals surface area contributed by atoms with Gasteiger partial charge < -0.3 is 4.74 Å². The minimum Gasteiger partial charge on any atom is -0.466 e. The van der Waals surface area contributed by atoms with E-state index in [9.17, 15) is 14.4 Å². The lowest BCUT2D eigenvalue weighted by molar-refractivity contribution is -0.145. The third-order valence-electron chi connectivity index (χ3n) is 2.11. The number of carbonyl (C=O) groups is 3. The molecule has 0 aromatic heterocycles. The smallest absolute Gasteiger partial charge is 0.313 e. The largest absolute Gasteiger partial charge is 0.466 e. The molecule has 4 nitrogen and oxygen atoms in total. The van der Waals surface area contributed by atoms with E-state index in [4.69, 9.17) is 0 Å². The third kappa shape index (κ3) is 9.37. The highest BCUT2D eigenvalue weighted by molar-refractivity contribution is 5.94. The highest BCUT2D eigenvalue weighted by Gasteiger charge is 2.06. The van der Waals surface area contributed by atoms with Crippen LogP contribution in [0.3, 0.4) is 0 Å². The minimum absolute atomic E-state index is 0.103. The number of rotatable bonds is 3. The van der Waals surface area contributed by atoms with Gasteiger partial charge in [-0.1, -0.05) is 6.42 Å². The van der Waals surface area contributed by atoms with Gasteiger partial charge >= 0.3 is 5.97 Å². The van der Waals surface area contributed by atoms with Crippen LogP contribution in [-0.4, -0.2) is 24.1 Å². The van der Waals surface area contributed by atoms with Crippen molar-refractivity contribution in [3.05, 3.63) is 0 Å². The van der Waals surface area contributed by atoms with Gasteiger partial charge in [-0.2, -0.15) is 0 Å². The van der Waals surface area contributed by atoms with E-state index >= 15 is 0 Å². The molecule has 0 bridgehead atoms.